The zero-order valence-electron chi connectivity index (χ0n) is 26.1. The van der Waals surface area contributed by atoms with E-state index in [0.717, 1.165) is 79.4 Å². The van der Waals surface area contributed by atoms with Gasteiger partial charge in [0.2, 0.25) is 5.92 Å². The molecule has 0 saturated heterocycles. The quantitative estimate of drug-likeness (QED) is 0.190. The second kappa shape index (κ2) is 15.7. The molecule has 0 aliphatic heterocycles. The van der Waals surface area contributed by atoms with Gasteiger partial charge in [-0.05, 0) is 90.5 Å². The van der Waals surface area contributed by atoms with Crippen LogP contribution in [0.2, 0.25) is 0 Å². The molecule has 0 unspecified atom stereocenters. The molecule has 0 radical (unpaired) electrons. The standard InChI is InChI=1S/C34H39F2N.C5H10/c1-6-20-34(21-7-2,31-17-15-29(16-18-31)30-13-9-11-27(8-3)23-30)22-19-26(4)37-32-14-10-12-28(24-32)25-33(5,35)36;1-2-5-3-4-5/h3,9-18,23-24,37H,4,6-7,19-22,25H2,1-2,5H3;5H,2-4H2,1H3. The number of halogens is 2. The largest absolute Gasteiger partial charge is 0.359 e. The molecule has 0 atom stereocenters. The molecule has 0 bridgehead atoms. The highest BCUT2D eigenvalue weighted by molar-refractivity contribution is 5.66. The molecule has 1 fully saturated rings. The maximum absolute atomic E-state index is 13.5. The lowest BCUT2D eigenvalue weighted by atomic mass is 9.70. The number of benzene rings is 3. The summed E-state index contributed by atoms with van der Waals surface area (Å²) in [6.45, 7) is 12.0. The number of anilines is 1. The van der Waals surface area contributed by atoms with Gasteiger partial charge in [-0.3, -0.25) is 0 Å². The fourth-order valence-electron chi connectivity index (χ4n) is 5.87. The van der Waals surface area contributed by atoms with Crippen molar-refractivity contribution < 1.29 is 8.78 Å². The molecule has 1 aliphatic carbocycles. The van der Waals surface area contributed by atoms with E-state index in [-0.39, 0.29) is 11.8 Å². The summed E-state index contributed by atoms with van der Waals surface area (Å²) in [5.74, 6) is 1.12. The van der Waals surface area contributed by atoms with Gasteiger partial charge in [0.15, 0.2) is 0 Å². The van der Waals surface area contributed by atoms with Crippen molar-refractivity contribution in [2.75, 3.05) is 5.32 Å². The predicted molar refractivity (Wildman–Crippen MR) is 177 cm³/mol. The van der Waals surface area contributed by atoms with Gasteiger partial charge < -0.3 is 5.32 Å². The van der Waals surface area contributed by atoms with Crippen molar-refractivity contribution >= 4 is 5.69 Å². The molecule has 0 aromatic heterocycles. The summed E-state index contributed by atoms with van der Waals surface area (Å²) >= 11 is 0. The molecular formula is C39H49F2N. The van der Waals surface area contributed by atoms with Crippen molar-refractivity contribution in [3.8, 4) is 23.5 Å². The lowest BCUT2D eigenvalue weighted by molar-refractivity contribution is 0.0226. The van der Waals surface area contributed by atoms with E-state index in [0.29, 0.717) is 5.56 Å². The van der Waals surface area contributed by atoms with Crippen molar-refractivity contribution in [2.45, 2.75) is 103 Å². The highest BCUT2D eigenvalue weighted by Crippen LogP contribution is 2.40. The van der Waals surface area contributed by atoms with Crippen LogP contribution in [0.5, 0.6) is 0 Å². The van der Waals surface area contributed by atoms with Crippen LogP contribution in [0.15, 0.2) is 85.1 Å². The topological polar surface area (TPSA) is 12.0 Å². The lowest BCUT2D eigenvalue weighted by Crippen LogP contribution is -2.26. The van der Waals surface area contributed by atoms with Gasteiger partial charge in [0, 0.05) is 23.4 Å². The minimum absolute atomic E-state index is 0.0550. The molecule has 4 rings (SSSR count). The third-order valence-electron chi connectivity index (χ3n) is 8.26. The Balaban J connectivity index is 0.000000873. The fourth-order valence-corrected chi connectivity index (χ4v) is 5.87. The van der Waals surface area contributed by atoms with E-state index in [1.54, 1.807) is 12.1 Å². The first-order chi connectivity index (χ1) is 20.1. The molecule has 3 aromatic carbocycles. The maximum Gasteiger partial charge on any atom is 0.249 e. The summed E-state index contributed by atoms with van der Waals surface area (Å²) in [5.41, 5.74) is 6.90. The highest BCUT2D eigenvalue weighted by atomic mass is 19.3. The van der Waals surface area contributed by atoms with Crippen LogP contribution in [0.1, 0.15) is 102 Å². The average molecular weight is 570 g/mol. The summed E-state index contributed by atoms with van der Waals surface area (Å²) in [6, 6.07) is 24.3. The molecule has 0 amide bonds. The number of hydrogen-bond acceptors (Lipinski definition) is 1. The van der Waals surface area contributed by atoms with E-state index in [1.807, 2.05) is 30.3 Å². The molecule has 224 valence electrons. The summed E-state index contributed by atoms with van der Waals surface area (Å²) in [4.78, 5) is 0. The van der Waals surface area contributed by atoms with Crippen LogP contribution in [0.4, 0.5) is 14.5 Å². The van der Waals surface area contributed by atoms with Crippen LogP contribution in [-0.4, -0.2) is 5.92 Å². The number of nitrogens with one attached hydrogen (secondary N) is 1. The Hall–Kier alpha value is -3.38. The summed E-state index contributed by atoms with van der Waals surface area (Å²) in [7, 11) is 0. The summed E-state index contributed by atoms with van der Waals surface area (Å²) < 4.78 is 26.9. The first kappa shape index (κ1) is 33.1. The smallest absolute Gasteiger partial charge is 0.249 e. The van der Waals surface area contributed by atoms with Gasteiger partial charge in [-0.2, -0.15) is 0 Å². The molecule has 1 saturated carbocycles. The zero-order valence-corrected chi connectivity index (χ0v) is 26.1. The van der Waals surface area contributed by atoms with Crippen molar-refractivity contribution in [1.29, 1.82) is 0 Å². The molecule has 3 aromatic rings. The molecule has 0 spiro atoms. The van der Waals surface area contributed by atoms with Crippen molar-refractivity contribution in [1.82, 2.24) is 0 Å². The molecule has 1 N–H and O–H groups in total. The van der Waals surface area contributed by atoms with E-state index in [9.17, 15) is 8.78 Å². The van der Waals surface area contributed by atoms with Gasteiger partial charge in [-0.1, -0.05) is 114 Å². The molecule has 1 aliphatic rings. The SMILES string of the molecule is C#Cc1cccc(-c2ccc(C(CCC)(CCC)CCC(=C)Nc3cccc(CC(C)(F)F)c3)cc2)c1.CCC1CC1. The molecule has 42 heavy (non-hydrogen) atoms. The van der Waals surface area contributed by atoms with Crippen LogP contribution >= 0.6 is 0 Å². The summed E-state index contributed by atoms with van der Waals surface area (Å²) in [6.07, 6.45) is 15.9. The Bertz CT molecular complexity index is 1300. The van der Waals surface area contributed by atoms with Crippen LogP contribution < -0.4 is 5.32 Å². The van der Waals surface area contributed by atoms with Crippen LogP contribution in [0, 0.1) is 18.3 Å². The van der Waals surface area contributed by atoms with E-state index in [2.05, 4.69) is 68.9 Å². The van der Waals surface area contributed by atoms with Crippen LogP contribution in [-0.2, 0) is 11.8 Å². The first-order valence-electron chi connectivity index (χ1n) is 15.7. The van der Waals surface area contributed by atoms with Crippen LogP contribution in [0.25, 0.3) is 11.1 Å². The minimum atomic E-state index is -2.73. The van der Waals surface area contributed by atoms with Gasteiger partial charge >= 0.3 is 0 Å². The monoisotopic (exact) mass is 569 g/mol. The zero-order chi connectivity index (χ0) is 30.6. The third-order valence-corrected chi connectivity index (χ3v) is 8.26. The van der Waals surface area contributed by atoms with E-state index in [4.69, 9.17) is 6.42 Å². The van der Waals surface area contributed by atoms with Crippen molar-refractivity contribution in [3.63, 3.8) is 0 Å². The second-order valence-corrected chi connectivity index (χ2v) is 12.1. The van der Waals surface area contributed by atoms with Crippen molar-refractivity contribution in [2.24, 2.45) is 5.92 Å². The van der Waals surface area contributed by atoms with Gasteiger partial charge in [0.05, 0.1) is 0 Å². The third kappa shape index (κ3) is 10.5. The summed E-state index contributed by atoms with van der Waals surface area (Å²) in [5, 5.41) is 3.36. The Morgan fingerprint density at radius 1 is 0.905 bits per heavy atom. The molecule has 1 nitrogen and oxygen atoms in total. The van der Waals surface area contributed by atoms with E-state index in [1.165, 1.54) is 24.8 Å². The molecule has 0 heterocycles. The fraction of sp³-hybridized carbons (Fsp3) is 0.436. The Kier molecular flexibility index (Phi) is 12.4. The molecule has 3 heteroatoms. The van der Waals surface area contributed by atoms with E-state index < -0.39 is 5.92 Å². The minimum Gasteiger partial charge on any atom is -0.359 e. The Morgan fingerprint density at radius 3 is 2.12 bits per heavy atom. The molecular weight excluding hydrogens is 520 g/mol. The Labute approximate surface area is 253 Å². The normalized spacial score (nSPS) is 13.1. The Morgan fingerprint density at radius 2 is 1.57 bits per heavy atom. The number of hydrogen-bond donors (Lipinski definition) is 1. The maximum atomic E-state index is 13.5. The van der Waals surface area contributed by atoms with Crippen LogP contribution in [0.3, 0.4) is 0 Å². The average Bonchev–Trinajstić information content (AvgIpc) is 3.81. The highest BCUT2D eigenvalue weighted by Gasteiger charge is 2.30. The number of terminal acetylenes is 1. The van der Waals surface area contributed by atoms with Gasteiger partial charge in [-0.15, -0.1) is 6.42 Å². The first-order valence-corrected chi connectivity index (χ1v) is 15.7. The predicted octanol–water partition coefficient (Wildman–Crippen LogP) is 11.6. The van der Waals surface area contributed by atoms with Gasteiger partial charge in [0.1, 0.15) is 0 Å². The van der Waals surface area contributed by atoms with Gasteiger partial charge in [0.25, 0.3) is 0 Å². The van der Waals surface area contributed by atoms with Crippen molar-refractivity contribution in [3.05, 3.63) is 102 Å². The second-order valence-electron chi connectivity index (χ2n) is 12.1. The number of rotatable bonds is 14. The number of alkyl halides is 2. The van der Waals surface area contributed by atoms with E-state index >= 15 is 0 Å². The lowest BCUT2D eigenvalue weighted by Gasteiger charge is -2.35. The number of allylic oxidation sites excluding steroid dienone is 1. The van der Waals surface area contributed by atoms with Gasteiger partial charge in [-0.25, -0.2) is 8.78 Å².